The average Bonchev–Trinajstić information content (AvgIpc) is 1.35. The van der Waals surface area contributed by atoms with Gasteiger partial charge in [-0.3, -0.25) is 0 Å². The van der Waals surface area contributed by atoms with E-state index in [-0.39, 0.29) is 5.41 Å². The molecule has 0 spiro atoms. The van der Waals surface area contributed by atoms with Crippen molar-refractivity contribution in [1.29, 1.82) is 0 Å². The molecular formula is C5H9B. The van der Waals surface area contributed by atoms with Gasteiger partial charge in [-0.1, -0.05) is 0 Å². The van der Waals surface area contributed by atoms with Gasteiger partial charge in [-0.25, -0.2) is 0 Å². The molecule has 0 aromatic carbocycles. The van der Waals surface area contributed by atoms with Crippen molar-refractivity contribution >= 4 is 7.33 Å². The molecule has 0 saturated heterocycles. The Morgan fingerprint density at radius 1 is 1.33 bits per heavy atom. The molecule has 0 rings (SSSR count). The third-order valence-corrected chi connectivity index (χ3v) is 0.433. The van der Waals surface area contributed by atoms with Crippen LogP contribution in [0.3, 0.4) is 0 Å². The van der Waals surface area contributed by atoms with Crippen molar-refractivity contribution in [3.05, 3.63) is 0 Å². The Morgan fingerprint density at radius 2 is 1.50 bits per heavy atom. The summed E-state index contributed by atoms with van der Waals surface area (Å²) >= 11 is 0. The molecule has 0 aliphatic carbocycles. The first-order valence-electron chi connectivity index (χ1n) is 2.04. The van der Waals surface area contributed by atoms with E-state index in [2.05, 4.69) is 5.80 Å². The molecule has 0 aliphatic heterocycles. The number of hydrogen-bond acceptors (Lipinski definition) is 0. The summed E-state index contributed by atoms with van der Waals surface area (Å²) in [6.07, 6.45) is 0. The minimum atomic E-state index is 0.0694. The first-order valence-corrected chi connectivity index (χ1v) is 2.04. The Bertz CT molecular complexity index is 70.9. The number of rotatable bonds is 0. The Labute approximate surface area is 40.3 Å². The van der Waals surface area contributed by atoms with Gasteiger partial charge >= 0.3 is 39.3 Å². The van der Waals surface area contributed by atoms with E-state index in [0.29, 0.717) is 0 Å². The van der Waals surface area contributed by atoms with Crippen LogP contribution in [-0.2, 0) is 0 Å². The van der Waals surface area contributed by atoms with Gasteiger partial charge in [0.15, 0.2) is 0 Å². The normalized spacial score (nSPS) is 10.8. The molecule has 0 aliphatic rings. The zero-order valence-corrected chi connectivity index (χ0v) is 4.58. The second-order valence-electron chi connectivity index (χ2n) is 2.39. The Kier molecular flexibility index (Phi) is 1.49. The van der Waals surface area contributed by atoms with Gasteiger partial charge in [0.1, 0.15) is 0 Å². The third-order valence-electron chi connectivity index (χ3n) is 0.433. The molecule has 0 aromatic heterocycles. The molecule has 0 atom stereocenters. The van der Waals surface area contributed by atoms with Crippen molar-refractivity contribution in [3.63, 3.8) is 0 Å². The molecule has 0 unspecified atom stereocenters. The van der Waals surface area contributed by atoms with Crippen molar-refractivity contribution in [1.82, 2.24) is 0 Å². The van der Waals surface area contributed by atoms with Crippen LogP contribution in [0.2, 0.25) is 0 Å². The molecule has 0 heterocycles. The van der Waals surface area contributed by atoms with Crippen LogP contribution in [0.25, 0.3) is 0 Å². The van der Waals surface area contributed by atoms with Crippen molar-refractivity contribution in [2.24, 2.45) is 5.41 Å². The Balaban J connectivity index is 3.55. The van der Waals surface area contributed by atoms with Gasteiger partial charge in [-0.05, 0) is 0 Å². The number of hydrogen-bond donors (Lipinski definition) is 0. The van der Waals surface area contributed by atoms with E-state index < -0.39 is 0 Å². The molecule has 32 valence electrons. The standard InChI is InChI=1S/C5H9B/c1-5(2,3)4-6/h1-3H3. The molecule has 0 bridgehead atoms. The predicted molar refractivity (Wildman–Crippen MR) is 29.1 cm³/mol. The molecule has 6 heavy (non-hydrogen) atoms. The summed E-state index contributed by atoms with van der Waals surface area (Å²) in [7, 11) is 5.06. The first-order chi connectivity index (χ1) is 2.56. The SMILES string of the molecule is B#CC(C)(C)C. The van der Waals surface area contributed by atoms with Crippen LogP contribution in [0, 0.1) is 11.2 Å². The van der Waals surface area contributed by atoms with Crippen LogP contribution in [0.1, 0.15) is 20.8 Å². The Hall–Kier alpha value is -0.155. The van der Waals surface area contributed by atoms with E-state index in [1.54, 1.807) is 0 Å². The zero-order valence-electron chi connectivity index (χ0n) is 4.58. The molecule has 0 radical (unpaired) electrons. The summed E-state index contributed by atoms with van der Waals surface area (Å²) < 4.78 is 0. The van der Waals surface area contributed by atoms with Crippen LogP contribution < -0.4 is 0 Å². The Morgan fingerprint density at radius 3 is 1.50 bits per heavy atom. The van der Waals surface area contributed by atoms with Gasteiger partial charge < -0.3 is 0 Å². The predicted octanol–water partition coefficient (Wildman–Crippen LogP) is 1.16. The summed E-state index contributed by atoms with van der Waals surface area (Å²) in [5, 5.41) is 0. The van der Waals surface area contributed by atoms with Crippen molar-refractivity contribution in [3.8, 4) is 5.80 Å². The van der Waals surface area contributed by atoms with E-state index in [4.69, 9.17) is 7.33 Å². The molecule has 0 N–H and O–H groups in total. The second kappa shape index (κ2) is 1.53. The topological polar surface area (TPSA) is 0 Å². The molecule has 0 saturated carbocycles. The van der Waals surface area contributed by atoms with E-state index in [1.807, 2.05) is 20.8 Å². The summed E-state index contributed by atoms with van der Waals surface area (Å²) in [4.78, 5) is 0. The van der Waals surface area contributed by atoms with Crippen LogP contribution in [0.4, 0.5) is 0 Å². The van der Waals surface area contributed by atoms with Crippen LogP contribution >= 0.6 is 0 Å². The van der Waals surface area contributed by atoms with Gasteiger partial charge in [-0.2, -0.15) is 0 Å². The van der Waals surface area contributed by atoms with E-state index >= 15 is 0 Å². The fraction of sp³-hybridized carbons (Fsp3) is 0.800. The van der Waals surface area contributed by atoms with E-state index in [9.17, 15) is 0 Å². The summed E-state index contributed by atoms with van der Waals surface area (Å²) in [6.45, 7) is 6.02. The minimum absolute atomic E-state index is 0.0694. The quantitative estimate of drug-likeness (QED) is 0.383. The third kappa shape index (κ3) is 3.84. The molecular weight excluding hydrogens is 70.9 g/mol. The fourth-order valence-corrected chi connectivity index (χ4v) is 0. The monoisotopic (exact) mass is 80.1 g/mol. The van der Waals surface area contributed by atoms with E-state index in [0.717, 1.165) is 0 Å². The van der Waals surface area contributed by atoms with Gasteiger partial charge in [0, 0.05) is 0 Å². The van der Waals surface area contributed by atoms with Gasteiger partial charge in [0.05, 0.1) is 0 Å². The van der Waals surface area contributed by atoms with Crippen LogP contribution in [0.5, 0.6) is 0 Å². The van der Waals surface area contributed by atoms with Crippen molar-refractivity contribution < 1.29 is 0 Å². The second-order valence-corrected chi connectivity index (χ2v) is 2.39. The molecule has 0 nitrogen and oxygen atoms in total. The summed E-state index contributed by atoms with van der Waals surface area (Å²) in [5.74, 6) is 2.60. The zero-order chi connectivity index (χ0) is 5.21. The fourth-order valence-electron chi connectivity index (χ4n) is 0. The van der Waals surface area contributed by atoms with Gasteiger partial charge in [0.2, 0.25) is 0 Å². The molecule has 0 aromatic rings. The van der Waals surface area contributed by atoms with Gasteiger partial charge in [0.25, 0.3) is 0 Å². The maximum absolute atomic E-state index is 5.06. The molecule has 0 amide bonds. The first kappa shape index (κ1) is 5.84. The molecule has 0 fully saturated rings. The maximum atomic E-state index is 5.06. The average molecular weight is 79.9 g/mol. The summed E-state index contributed by atoms with van der Waals surface area (Å²) in [5.41, 5.74) is 0.0694. The van der Waals surface area contributed by atoms with Crippen molar-refractivity contribution in [2.75, 3.05) is 0 Å². The van der Waals surface area contributed by atoms with Crippen LogP contribution in [0.15, 0.2) is 0 Å². The van der Waals surface area contributed by atoms with Crippen molar-refractivity contribution in [2.45, 2.75) is 20.8 Å². The molecule has 1 heteroatoms. The van der Waals surface area contributed by atoms with Crippen LogP contribution in [-0.4, -0.2) is 7.33 Å². The summed E-state index contributed by atoms with van der Waals surface area (Å²) in [6, 6.07) is 0. The van der Waals surface area contributed by atoms with E-state index in [1.165, 1.54) is 0 Å². The van der Waals surface area contributed by atoms with Gasteiger partial charge in [-0.15, -0.1) is 0 Å².